The SMILES string of the molecule is CC[C@H]1CC(NC(C)c2cc(F)c(-c3ccnc(C(C)(C)F)c3)cc2F)=CN1. The highest BCUT2D eigenvalue weighted by atomic mass is 19.1. The van der Waals surface area contributed by atoms with E-state index in [-0.39, 0.29) is 22.9 Å². The van der Waals surface area contributed by atoms with Crippen molar-refractivity contribution < 1.29 is 13.2 Å². The molecule has 150 valence electrons. The second kappa shape index (κ2) is 7.86. The molecule has 0 aliphatic carbocycles. The molecule has 0 bridgehead atoms. The smallest absolute Gasteiger partial charge is 0.147 e. The molecule has 1 aliphatic rings. The number of alkyl halides is 1. The Morgan fingerprint density at radius 1 is 1.25 bits per heavy atom. The minimum Gasteiger partial charge on any atom is -0.386 e. The quantitative estimate of drug-likeness (QED) is 0.685. The fraction of sp³-hybridized carbons (Fsp3) is 0.409. The van der Waals surface area contributed by atoms with Gasteiger partial charge in [-0.3, -0.25) is 4.98 Å². The molecule has 1 aliphatic heterocycles. The van der Waals surface area contributed by atoms with Gasteiger partial charge in [-0.25, -0.2) is 13.2 Å². The lowest BCUT2D eigenvalue weighted by Gasteiger charge is -2.19. The van der Waals surface area contributed by atoms with Crippen molar-refractivity contribution in [1.29, 1.82) is 0 Å². The maximum atomic E-state index is 14.8. The topological polar surface area (TPSA) is 37.0 Å². The lowest BCUT2D eigenvalue weighted by Crippen LogP contribution is -2.20. The van der Waals surface area contributed by atoms with Crippen LogP contribution >= 0.6 is 0 Å². The molecule has 28 heavy (non-hydrogen) atoms. The van der Waals surface area contributed by atoms with Crippen molar-refractivity contribution in [2.45, 2.75) is 58.3 Å². The summed E-state index contributed by atoms with van der Waals surface area (Å²) in [6.07, 6.45) is 5.13. The summed E-state index contributed by atoms with van der Waals surface area (Å²) in [5, 5.41) is 6.51. The number of hydrogen-bond donors (Lipinski definition) is 2. The van der Waals surface area contributed by atoms with Gasteiger partial charge >= 0.3 is 0 Å². The number of pyridine rings is 1. The Labute approximate surface area is 164 Å². The third kappa shape index (κ3) is 4.32. The van der Waals surface area contributed by atoms with Crippen LogP contribution in [0.1, 0.15) is 57.8 Å². The standard InChI is InChI=1S/C22H26F3N3/c1-5-15-9-16(12-27-15)28-13(2)17-10-20(24)18(11-19(17)23)14-6-7-26-21(8-14)22(3,4)25/h6-8,10-13,15,27-28H,5,9H2,1-4H3/t13?,15-/m0/s1. The van der Waals surface area contributed by atoms with Gasteiger partial charge in [0.1, 0.15) is 17.3 Å². The molecule has 0 saturated carbocycles. The van der Waals surface area contributed by atoms with Crippen molar-refractivity contribution in [1.82, 2.24) is 15.6 Å². The Morgan fingerprint density at radius 3 is 2.64 bits per heavy atom. The molecule has 1 aromatic carbocycles. The van der Waals surface area contributed by atoms with Crippen LogP contribution in [0.3, 0.4) is 0 Å². The lowest BCUT2D eigenvalue weighted by molar-refractivity contribution is 0.214. The highest BCUT2D eigenvalue weighted by molar-refractivity contribution is 5.65. The number of nitrogens with zero attached hydrogens (tertiary/aromatic N) is 1. The fourth-order valence-corrected chi connectivity index (χ4v) is 3.36. The Morgan fingerprint density at radius 2 is 2.00 bits per heavy atom. The molecular formula is C22H26F3N3. The highest BCUT2D eigenvalue weighted by Crippen LogP contribution is 2.31. The maximum absolute atomic E-state index is 14.8. The average Bonchev–Trinajstić information content (AvgIpc) is 3.10. The van der Waals surface area contributed by atoms with E-state index in [1.807, 2.05) is 6.20 Å². The zero-order chi connectivity index (χ0) is 20.5. The van der Waals surface area contributed by atoms with Crippen LogP contribution in [-0.2, 0) is 5.67 Å². The Bertz CT molecular complexity index is 887. The number of hydrogen-bond acceptors (Lipinski definition) is 3. The normalized spacial score (nSPS) is 17.8. The molecule has 0 fully saturated rings. The Balaban J connectivity index is 1.85. The molecule has 2 heterocycles. The number of halogens is 3. The molecule has 0 radical (unpaired) electrons. The highest BCUT2D eigenvalue weighted by Gasteiger charge is 2.23. The summed E-state index contributed by atoms with van der Waals surface area (Å²) >= 11 is 0. The molecule has 0 spiro atoms. The fourth-order valence-electron chi connectivity index (χ4n) is 3.36. The van der Waals surface area contributed by atoms with E-state index in [4.69, 9.17) is 0 Å². The third-order valence-electron chi connectivity index (χ3n) is 5.09. The largest absolute Gasteiger partial charge is 0.386 e. The molecule has 0 saturated heterocycles. The summed E-state index contributed by atoms with van der Waals surface area (Å²) in [5.74, 6) is -1.06. The summed E-state index contributed by atoms with van der Waals surface area (Å²) in [4.78, 5) is 3.99. The molecule has 1 unspecified atom stereocenters. The van der Waals surface area contributed by atoms with E-state index in [1.165, 1.54) is 38.2 Å². The van der Waals surface area contributed by atoms with E-state index in [0.29, 0.717) is 11.6 Å². The van der Waals surface area contributed by atoms with Crippen molar-refractivity contribution in [2.75, 3.05) is 0 Å². The summed E-state index contributed by atoms with van der Waals surface area (Å²) in [6, 6.07) is 5.38. The van der Waals surface area contributed by atoms with E-state index in [0.717, 1.165) is 18.5 Å². The van der Waals surface area contributed by atoms with Crippen LogP contribution in [0.5, 0.6) is 0 Å². The van der Waals surface area contributed by atoms with Gasteiger partial charge in [-0.05, 0) is 57.0 Å². The number of nitrogens with one attached hydrogen (secondary N) is 2. The number of rotatable bonds is 6. The van der Waals surface area contributed by atoms with Gasteiger partial charge in [0.15, 0.2) is 0 Å². The third-order valence-corrected chi connectivity index (χ3v) is 5.09. The minimum absolute atomic E-state index is 0.0918. The predicted octanol–water partition coefficient (Wildman–Crippen LogP) is 5.50. The minimum atomic E-state index is -1.66. The first kappa shape index (κ1) is 20.2. The molecule has 3 nitrogen and oxygen atoms in total. The second-order valence-corrected chi connectivity index (χ2v) is 7.77. The monoisotopic (exact) mass is 389 g/mol. The molecule has 2 aromatic rings. The summed E-state index contributed by atoms with van der Waals surface area (Å²) in [5.41, 5.74) is 0.231. The van der Waals surface area contributed by atoms with E-state index < -0.39 is 17.3 Å². The van der Waals surface area contributed by atoms with Gasteiger partial charge in [-0.15, -0.1) is 0 Å². The van der Waals surface area contributed by atoms with Gasteiger partial charge in [-0.2, -0.15) is 0 Å². The van der Waals surface area contributed by atoms with Gasteiger partial charge in [0.2, 0.25) is 0 Å². The van der Waals surface area contributed by atoms with Crippen LogP contribution in [0.2, 0.25) is 0 Å². The molecule has 1 aromatic heterocycles. The first-order chi connectivity index (χ1) is 13.2. The van der Waals surface area contributed by atoms with Crippen LogP contribution in [0.15, 0.2) is 42.4 Å². The first-order valence-electron chi connectivity index (χ1n) is 9.55. The van der Waals surface area contributed by atoms with E-state index in [2.05, 4.69) is 22.5 Å². The van der Waals surface area contributed by atoms with Crippen molar-refractivity contribution in [2.24, 2.45) is 0 Å². The first-order valence-corrected chi connectivity index (χ1v) is 9.55. The number of aromatic nitrogens is 1. The van der Waals surface area contributed by atoms with E-state index >= 15 is 0 Å². The predicted molar refractivity (Wildman–Crippen MR) is 105 cm³/mol. The molecule has 2 atom stereocenters. The molecule has 3 rings (SSSR count). The van der Waals surface area contributed by atoms with Gasteiger partial charge in [0, 0.05) is 41.7 Å². The van der Waals surface area contributed by atoms with E-state index in [1.54, 1.807) is 13.0 Å². The zero-order valence-electron chi connectivity index (χ0n) is 16.6. The van der Waals surface area contributed by atoms with Crippen LogP contribution < -0.4 is 10.6 Å². The molecule has 6 heteroatoms. The molecule has 0 amide bonds. The van der Waals surface area contributed by atoms with Crippen molar-refractivity contribution in [3.63, 3.8) is 0 Å². The zero-order valence-corrected chi connectivity index (χ0v) is 16.6. The van der Waals surface area contributed by atoms with E-state index in [9.17, 15) is 13.2 Å². The van der Waals surface area contributed by atoms with Crippen molar-refractivity contribution >= 4 is 0 Å². The van der Waals surface area contributed by atoms with Crippen LogP contribution in [0.25, 0.3) is 11.1 Å². The van der Waals surface area contributed by atoms with Crippen molar-refractivity contribution in [3.05, 3.63) is 65.3 Å². The van der Waals surface area contributed by atoms with Gasteiger partial charge in [0.25, 0.3) is 0 Å². The number of benzene rings is 1. The second-order valence-electron chi connectivity index (χ2n) is 7.77. The van der Waals surface area contributed by atoms with Gasteiger partial charge < -0.3 is 10.6 Å². The van der Waals surface area contributed by atoms with Gasteiger partial charge in [0.05, 0.1) is 11.7 Å². The Hall–Kier alpha value is -2.50. The summed E-state index contributed by atoms with van der Waals surface area (Å²) in [7, 11) is 0. The molecular weight excluding hydrogens is 363 g/mol. The Kier molecular flexibility index (Phi) is 5.68. The van der Waals surface area contributed by atoms with Crippen LogP contribution in [0, 0.1) is 11.6 Å². The summed E-state index contributed by atoms with van der Waals surface area (Å²) < 4.78 is 43.7. The van der Waals surface area contributed by atoms with Crippen LogP contribution in [-0.4, -0.2) is 11.0 Å². The summed E-state index contributed by atoms with van der Waals surface area (Å²) in [6.45, 7) is 6.65. The van der Waals surface area contributed by atoms with Crippen molar-refractivity contribution in [3.8, 4) is 11.1 Å². The lowest BCUT2D eigenvalue weighted by atomic mass is 9.97. The van der Waals surface area contributed by atoms with Gasteiger partial charge in [-0.1, -0.05) is 6.92 Å². The van der Waals surface area contributed by atoms with Crippen LogP contribution in [0.4, 0.5) is 13.2 Å². The maximum Gasteiger partial charge on any atom is 0.147 e. The average molecular weight is 389 g/mol. The molecule has 2 N–H and O–H groups in total.